The summed E-state index contributed by atoms with van der Waals surface area (Å²) >= 11 is 1.68. The maximum absolute atomic E-state index is 13.6. The molecule has 2 heterocycles. The van der Waals surface area contributed by atoms with Gasteiger partial charge in [0.05, 0.1) is 6.04 Å². The molecule has 2 aromatic carbocycles. The number of carbonyl (C=O) groups excluding carboxylic acids is 2. The lowest BCUT2D eigenvalue weighted by Gasteiger charge is -2.38. The molecule has 3 aromatic rings. The molecule has 2 amide bonds. The molecule has 0 radical (unpaired) electrons. The van der Waals surface area contributed by atoms with Gasteiger partial charge < -0.3 is 14.5 Å². The number of carbonyl (C=O) groups is 2. The second-order valence-corrected chi connectivity index (χ2v) is 9.47. The van der Waals surface area contributed by atoms with Gasteiger partial charge in [-0.3, -0.25) is 9.59 Å². The lowest BCUT2D eigenvalue weighted by atomic mass is 10.00. The first-order chi connectivity index (χ1) is 16.5. The number of rotatable bonds is 8. The van der Waals surface area contributed by atoms with Gasteiger partial charge in [0.2, 0.25) is 5.91 Å². The van der Waals surface area contributed by atoms with E-state index in [9.17, 15) is 14.0 Å². The maximum atomic E-state index is 13.6. The van der Waals surface area contributed by atoms with E-state index in [1.165, 1.54) is 17.0 Å². The Morgan fingerprint density at radius 1 is 1.15 bits per heavy atom. The summed E-state index contributed by atoms with van der Waals surface area (Å²) in [6, 6.07) is 16.7. The molecule has 2 atom stereocenters. The molecule has 0 saturated heterocycles. The summed E-state index contributed by atoms with van der Waals surface area (Å²) in [7, 11) is 0. The second-order valence-electron chi connectivity index (χ2n) is 8.47. The van der Waals surface area contributed by atoms with Crippen LogP contribution in [0, 0.1) is 5.82 Å². The molecule has 5 nitrogen and oxygen atoms in total. The Hall–Kier alpha value is -3.19. The molecule has 178 valence electrons. The first kappa shape index (κ1) is 24.0. The highest BCUT2D eigenvalue weighted by molar-refractivity contribution is 7.10. The normalized spacial score (nSPS) is 16.0. The first-order valence-corrected chi connectivity index (χ1v) is 12.5. The van der Waals surface area contributed by atoms with Crippen LogP contribution in [-0.2, 0) is 11.2 Å². The monoisotopic (exact) mass is 480 g/mol. The maximum Gasteiger partial charge on any atom is 0.254 e. The Balaban J connectivity index is 1.54. The molecular formula is C27H29FN2O3S. The third-order valence-electron chi connectivity index (χ3n) is 6.35. The van der Waals surface area contributed by atoms with Crippen LogP contribution in [0.4, 0.5) is 4.39 Å². The van der Waals surface area contributed by atoms with Gasteiger partial charge in [0.25, 0.3) is 5.91 Å². The van der Waals surface area contributed by atoms with E-state index in [1.807, 2.05) is 48.4 Å². The van der Waals surface area contributed by atoms with E-state index in [0.717, 1.165) is 18.4 Å². The summed E-state index contributed by atoms with van der Waals surface area (Å²) in [5.41, 5.74) is 1.65. The van der Waals surface area contributed by atoms with Crippen LogP contribution in [0.5, 0.6) is 5.75 Å². The molecule has 4 rings (SSSR count). The van der Waals surface area contributed by atoms with Crippen molar-refractivity contribution in [3.63, 3.8) is 0 Å². The zero-order valence-corrected chi connectivity index (χ0v) is 20.3. The third-order valence-corrected chi connectivity index (χ3v) is 7.34. The van der Waals surface area contributed by atoms with Crippen LogP contribution >= 0.6 is 11.3 Å². The molecule has 2 unspecified atom stereocenters. The van der Waals surface area contributed by atoms with Gasteiger partial charge in [-0.25, -0.2) is 4.39 Å². The van der Waals surface area contributed by atoms with Crippen molar-refractivity contribution in [3.8, 4) is 5.75 Å². The molecule has 0 N–H and O–H groups in total. The minimum absolute atomic E-state index is 0.00918. The zero-order chi connectivity index (χ0) is 24.1. The third kappa shape index (κ3) is 5.30. The van der Waals surface area contributed by atoms with Gasteiger partial charge in [0, 0.05) is 23.0 Å². The van der Waals surface area contributed by atoms with Crippen LogP contribution in [0.2, 0.25) is 0 Å². The number of ether oxygens (including phenoxy) is 1. The zero-order valence-electron chi connectivity index (χ0n) is 19.4. The fourth-order valence-corrected chi connectivity index (χ4v) is 5.14. The summed E-state index contributed by atoms with van der Waals surface area (Å²) in [5.74, 6) is -0.0171. The van der Waals surface area contributed by atoms with E-state index < -0.39 is 0 Å². The number of hydrogen-bond donors (Lipinski definition) is 0. The SMILES string of the molecule is CCC(C)N(CC(=O)N1CCc2sccc2C1COc1ccc(F)cc1)C(=O)c1ccccc1. The number of hydrogen-bond acceptors (Lipinski definition) is 4. The van der Waals surface area contributed by atoms with E-state index in [4.69, 9.17) is 4.74 Å². The fourth-order valence-electron chi connectivity index (χ4n) is 4.21. The van der Waals surface area contributed by atoms with Crippen molar-refractivity contribution in [2.24, 2.45) is 0 Å². The van der Waals surface area contributed by atoms with E-state index in [1.54, 1.807) is 40.5 Å². The van der Waals surface area contributed by atoms with Crippen molar-refractivity contribution in [3.05, 3.63) is 87.9 Å². The lowest BCUT2D eigenvalue weighted by molar-refractivity contribution is -0.136. The van der Waals surface area contributed by atoms with Crippen molar-refractivity contribution in [2.45, 2.75) is 38.8 Å². The number of halogens is 1. The Morgan fingerprint density at radius 3 is 2.59 bits per heavy atom. The van der Waals surface area contributed by atoms with Gasteiger partial charge in [-0.2, -0.15) is 0 Å². The smallest absolute Gasteiger partial charge is 0.254 e. The first-order valence-electron chi connectivity index (χ1n) is 11.6. The van der Waals surface area contributed by atoms with Crippen LogP contribution in [0.1, 0.15) is 47.1 Å². The highest BCUT2D eigenvalue weighted by Gasteiger charge is 2.34. The predicted octanol–water partition coefficient (Wildman–Crippen LogP) is 5.33. The van der Waals surface area contributed by atoms with E-state index in [2.05, 4.69) is 0 Å². The van der Waals surface area contributed by atoms with Crippen LogP contribution in [0.15, 0.2) is 66.0 Å². The van der Waals surface area contributed by atoms with Gasteiger partial charge in [-0.1, -0.05) is 25.1 Å². The molecule has 1 aliphatic rings. The van der Waals surface area contributed by atoms with Crippen LogP contribution in [-0.4, -0.2) is 47.4 Å². The summed E-state index contributed by atoms with van der Waals surface area (Å²) in [6.45, 7) is 4.82. The Morgan fingerprint density at radius 2 is 1.88 bits per heavy atom. The fraction of sp³-hybridized carbons (Fsp3) is 0.333. The summed E-state index contributed by atoms with van der Waals surface area (Å²) in [5, 5.41) is 2.04. The number of thiophene rings is 1. The molecular weight excluding hydrogens is 451 g/mol. The largest absolute Gasteiger partial charge is 0.491 e. The molecule has 0 saturated carbocycles. The van der Waals surface area contributed by atoms with Crippen molar-refractivity contribution >= 4 is 23.2 Å². The predicted molar refractivity (Wildman–Crippen MR) is 132 cm³/mol. The number of fused-ring (bicyclic) bond motifs is 1. The summed E-state index contributed by atoms with van der Waals surface area (Å²) in [6.07, 6.45) is 1.53. The van der Waals surface area contributed by atoms with E-state index in [0.29, 0.717) is 17.9 Å². The van der Waals surface area contributed by atoms with Gasteiger partial charge in [0.1, 0.15) is 24.7 Å². The van der Waals surface area contributed by atoms with Crippen molar-refractivity contribution in [1.29, 1.82) is 0 Å². The minimum Gasteiger partial charge on any atom is -0.491 e. The Kier molecular flexibility index (Phi) is 7.63. The quantitative estimate of drug-likeness (QED) is 0.438. The van der Waals surface area contributed by atoms with Gasteiger partial charge in [-0.15, -0.1) is 11.3 Å². The van der Waals surface area contributed by atoms with Crippen LogP contribution in [0.3, 0.4) is 0 Å². The molecule has 34 heavy (non-hydrogen) atoms. The Bertz CT molecular complexity index is 1120. The van der Waals surface area contributed by atoms with Gasteiger partial charge in [0.15, 0.2) is 0 Å². The van der Waals surface area contributed by atoms with Crippen molar-refractivity contribution in [1.82, 2.24) is 9.80 Å². The number of benzene rings is 2. The molecule has 0 bridgehead atoms. The van der Waals surface area contributed by atoms with Crippen LogP contribution < -0.4 is 4.74 Å². The van der Waals surface area contributed by atoms with Crippen molar-refractivity contribution < 1.29 is 18.7 Å². The topological polar surface area (TPSA) is 49.9 Å². The van der Waals surface area contributed by atoms with E-state index in [-0.39, 0.29) is 42.9 Å². The molecule has 1 aromatic heterocycles. The molecule has 0 spiro atoms. The molecule has 7 heteroatoms. The number of amides is 2. The van der Waals surface area contributed by atoms with E-state index >= 15 is 0 Å². The Labute approximate surface area is 203 Å². The number of nitrogens with zero attached hydrogens (tertiary/aromatic N) is 2. The van der Waals surface area contributed by atoms with Gasteiger partial charge in [-0.05, 0) is 73.2 Å². The lowest BCUT2D eigenvalue weighted by Crippen LogP contribution is -2.49. The van der Waals surface area contributed by atoms with Crippen molar-refractivity contribution in [2.75, 3.05) is 19.7 Å². The standard InChI is InChI=1S/C27H29FN2O3S/c1-3-19(2)30(27(32)20-7-5-4-6-8-20)17-26(31)29-15-13-25-23(14-16-34-25)24(29)18-33-22-11-9-21(28)10-12-22/h4-12,14,16,19,24H,3,13,15,17-18H2,1-2H3. The van der Waals surface area contributed by atoms with Crippen LogP contribution in [0.25, 0.3) is 0 Å². The second kappa shape index (κ2) is 10.8. The molecule has 0 fully saturated rings. The molecule has 1 aliphatic heterocycles. The minimum atomic E-state index is -0.324. The summed E-state index contributed by atoms with van der Waals surface area (Å²) < 4.78 is 19.2. The highest BCUT2D eigenvalue weighted by atomic mass is 32.1. The average molecular weight is 481 g/mol. The average Bonchev–Trinajstić information content (AvgIpc) is 3.35. The molecule has 0 aliphatic carbocycles. The highest BCUT2D eigenvalue weighted by Crippen LogP contribution is 2.34. The van der Waals surface area contributed by atoms with Gasteiger partial charge >= 0.3 is 0 Å². The summed E-state index contributed by atoms with van der Waals surface area (Å²) in [4.78, 5) is 31.6.